The van der Waals surface area contributed by atoms with Gasteiger partial charge in [-0.3, -0.25) is 0 Å². The summed E-state index contributed by atoms with van der Waals surface area (Å²) in [4.78, 5) is 11.2. The Morgan fingerprint density at radius 1 is 1.36 bits per heavy atom. The lowest BCUT2D eigenvalue weighted by Crippen LogP contribution is -2.60. The molecule has 3 aliphatic carbocycles. The van der Waals surface area contributed by atoms with E-state index in [1.54, 1.807) is 7.05 Å². The third-order valence-electron chi connectivity index (χ3n) is 4.40. The molecule has 3 heteroatoms. The number of amides is 2. The standard InChI is InChI=1S/C11H20N2O/c1-11(2)7-4-5-9(8(11)6-7)13-10(14)12-3/h7-9H,4-6H2,1-3H3,(H2,12,13,14). The average molecular weight is 196 g/mol. The van der Waals surface area contributed by atoms with Gasteiger partial charge in [0.25, 0.3) is 0 Å². The van der Waals surface area contributed by atoms with E-state index in [2.05, 4.69) is 24.5 Å². The van der Waals surface area contributed by atoms with E-state index in [1.807, 2.05) is 0 Å². The molecule has 0 saturated heterocycles. The van der Waals surface area contributed by atoms with Crippen molar-refractivity contribution in [2.75, 3.05) is 7.05 Å². The minimum atomic E-state index is -0.0313. The molecule has 3 saturated carbocycles. The van der Waals surface area contributed by atoms with Gasteiger partial charge in [0, 0.05) is 13.1 Å². The van der Waals surface area contributed by atoms with Crippen LogP contribution in [0.5, 0.6) is 0 Å². The van der Waals surface area contributed by atoms with Crippen LogP contribution in [-0.2, 0) is 0 Å². The lowest BCUT2D eigenvalue weighted by atomic mass is 9.47. The molecule has 0 aromatic carbocycles. The van der Waals surface area contributed by atoms with E-state index in [9.17, 15) is 4.79 Å². The van der Waals surface area contributed by atoms with Crippen LogP contribution in [0.3, 0.4) is 0 Å². The van der Waals surface area contributed by atoms with Gasteiger partial charge in [0.05, 0.1) is 0 Å². The lowest BCUT2D eigenvalue weighted by molar-refractivity contribution is -0.0837. The Kier molecular flexibility index (Phi) is 2.20. The third-order valence-corrected chi connectivity index (χ3v) is 4.40. The summed E-state index contributed by atoms with van der Waals surface area (Å²) >= 11 is 0. The molecule has 3 rings (SSSR count). The zero-order valence-corrected chi connectivity index (χ0v) is 9.26. The van der Waals surface area contributed by atoms with Crippen molar-refractivity contribution in [2.45, 2.75) is 39.2 Å². The van der Waals surface area contributed by atoms with Crippen LogP contribution in [0.2, 0.25) is 0 Å². The highest BCUT2D eigenvalue weighted by Crippen LogP contribution is 2.58. The summed E-state index contributed by atoms with van der Waals surface area (Å²) in [5.41, 5.74) is 0.448. The van der Waals surface area contributed by atoms with Gasteiger partial charge >= 0.3 is 6.03 Å². The Hall–Kier alpha value is -0.730. The Balaban J connectivity index is 1.97. The molecule has 2 amide bonds. The molecule has 3 fully saturated rings. The Morgan fingerprint density at radius 3 is 2.57 bits per heavy atom. The molecule has 80 valence electrons. The van der Waals surface area contributed by atoms with Crippen LogP contribution in [0.1, 0.15) is 33.1 Å². The topological polar surface area (TPSA) is 41.1 Å². The second-order valence-corrected chi connectivity index (χ2v) is 5.27. The molecule has 3 atom stereocenters. The van der Waals surface area contributed by atoms with Gasteiger partial charge in [0.2, 0.25) is 0 Å². The first-order valence-corrected chi connectivity index (χ1v) is 5.54. The van der Waals surface area contributed by atoms with Crippen LogP contribution >= 0.6 is 0 Å². The number of hydrogen-bond acceptors (Lipinski definition) is 1. The summed E-state index contributed by atoms with van der Waals surface area (Å²) in [6, 6.07) is 0.367. The van der Waals surface area contributed by atoms with Crippen LogP contribution in [0.4, 0.5) is 4.79 Å². The number of nitrogens with one attached hydrogen (secondary N) is 2. The van der Waals surface area contributed by atoms with Crippen molar-refractivity contribution in [2.24, 2.45) is 17.3 Å². The molecule has 0 spiro atoms. The van der Waals surface area contributed by atoms with Gasteiger partial charge in [-0.25, -0.2) is 4.79 Å². The van der Waals surface area contributed by atoms with E-state index < -0.39 is 0 Å². The SMILES string of the molecule is CNC(=O)NC1CCC2CC1C2(C)C. The predicted octanol–water partition coefficient (Wildman–Crippen LogP) is 1.74. The van der Waals surface area contributed by atoms with E-state index >= 15 is 0 Å². The van der Waals surface area contributed by atoms with E-state index in [0.29, 0.717) is 17.4 Å². The second kappa shape index (κ2) is 3.14. The Morgan fingerprint density at radius 2 is 2.07 bits per heavy atom. The fraction of sp³-hybridized carbons (Fsp3) is 0.909. The van der Waals surface area contributed by atoms with Gasteiger partial charge < -0.3 is 10.6 Å². The summed E-state index contributed by atoms with van der Waals surface area (Å²) in [5.74, 6) is 1.59. The molecule has 3 aliphatic rings. The third kappa shape index (κ3) is 1.30. The first-order chi connectivity index (χ1) is 6.55. The smallest absolute Gasteiger partial charge is 0.314 e. The lowest BCUT2D eigenvalue weighted by Gasteiger charge is -2.60. The van der Waals surface area contributed by atoms with Crippen LogP contribution in [-0.4, -0.2) is 19.1 Å². The summed E-state index contributed by atoms with van der Waals surface area (Å²) in [6.07, 6.45) is 3.74. The minimum absolute atomic E-state index is 0.0313. The highest BCUT2D eigenvalue weighted by molar-refractivity contribution is 5.73. The van der Waals surface area contributed by atoms with Crippen LogP contribution in [0.25, 0.3) is 0 Å². The van der Waals surface area contributed by atoms with Crippen LogP contribution < -0.4 is 10.6 Å². The second-order valence-electron chi connectivity index (χ2n) is 5.27. The molecule has 0 aromatic rings. The molecule has 0 aromatic heterocycles. The molecule has 3 nitrogen and oxygen atoms in total. The van der Waals surface area contributed by atoms with Crippen molar-refractivity contribution in [1.82, 2.24) is 10.6 Å². The minimum Gasteiger partial charge on any atom is -0.341 e. The first-order valence-electron chi connectivity index (χ1n) is 5.54. The number of hydrogen-bond donors (Lipinski definition) is 2. The maximum atomic E-state index is 11.2. The number of carbonyl (C=O) groups excluding carboxylic acids is 1. The van der Waals surface area contributed by atoms with E-state index in [0.717, 1.165) is 12.3 Å². The molecule has 14 heavy (non-hydrogen) atoms. The Labute approximate surface area is 85.6 Å². The summed E-state index contributed by atoms with van der Waals surface area (Å²) in [7, 11) is 1.67. The largest absolute Gasteiger partial charge is 0.341 e. The number of carbonyl (C=O) groups is 1. The van der Waals surface area contributed by atoms with Crippen molar-refractivity contribution in [3.8, 4) is 0 Å². The van der Waals surface area contributed by atoms with Gasteiger partial charge in [-0.1, -0.05) is 13.8 Å². The van der Waals surface area contributed by atoms with Gasteiger partial charge in [-0.2, -0.15) is 0 Å². The molecular weight excluding hydrogens is 176 g/mol. The van der Waals surface area contributed by atoms with Crippen molar-refractivity contribution in [1.29, 1.82) is 0 Å². The Bertz CT molecular complexity index is 248. The van der Waals surface area contributed by atoms with Gasteiger partial charge in [0.1, 0.15) is 0 Å². The van der Waals surface area contributed by atoms with Crippen molar-refractivity contribution >= 4 is 6.03 Å². The molecule has 2 N–H and O–H groups in total. The average Bonchev–Trinajstić information content (AvgIpc) is 2.17. The molecule has 2 bridgehead atoms. The van der Waals surface area contributed by atoms with Gasteiger partial charge in [0.15, 0.2) is 0 Å². The fourth-order valence-corrected chi connectivity index (χ4v) is 3.22. The summed E-state index contributed by atoms with van der Waals surface area (Å²) in [6.45, 7) is 4.67. The van der Waals surface area contributed by atoms with Crippen molar-refractivity contribution in [3.63, 3.8) is 0 Å². The van der Waals surface area contributed by atoms with Crippen LogP contribution in [0, 0.1) is 17.3 Å². The quantitative estimate of drug-likeness (QED) is 0.659. The molecular formula is C11H20N2O. The number of urea groups is 1. The molecule has 0 heterocycles. The number of rotatable bonds is 1. The maximum Gasteiger partial charge on any atom is 0.314 e. The van der Waals surface area contributed by atoms with Crippen molar-refractivity contribution < 1.29 is 4.79 Å². The van der Waals surface area contributed by atoms with Crippen LogP contribution in [0.15, 0.2) is 0 Å². The van der Waals surface area contributed by atoms with Gasteiger partial charge in [-0.05, 0) is 36.5 Å². The highest BCUT2D eigenvalue weighted by atomic mass is 16.2. The monoisotopic (exact) mass is 196 g/mol. The molecule has 0 aliphatic heterocycles. The summed E-state index contributed by atoms with van der Waals surface area (Å²) in [5, 5.41) is 5.69. The molecule has 0 radical (unpaired) electrons. The fourth-order valence-electron chi connectivity index (χ4n) is 3.22. The molecule has 3 unspecified atom stereocenters. The summed E-state index contributed by atoms with van der Waals surface area (Å²) < 4.78 is 0. The van der Waals surface area contributed by atoms with E-state index in [4.69, 9.17) is 0 Å². The predicted molar refractivity (Wildman–Crippen MR) is 56.0 cm³/mol. The highest BCUT2D eigenvalue weighted by Gasteiger charge is 2.54. The maximum absolute atomic E-state index is 11.2. The van der Waals surface area contributed by atoms with E-state index in [-0.39, 0.29) is 6.03 Å². The van der Waals surface area contributed by atoms with Gasteiger partial charge in [-0.15, -0.1) is 0 Å². The number of fused-ring (bicyclic) bond motifs is 2. The van der Waals surface area contributed by atoms with Crippen molar-refractivity contribution in [3.05, 3.63) is 0 Å². The zero-order chi connectivity index (χ0) is 10.3. The first kappa shape index (κ1) is 9.81. The normalized spacial score (nSPS) is 38.4. The van der Waals surface area contributed by atoms with E-state index in [1.165, 1.54) is 12.8 Å². The zero-order valence-electron chi connectivity index (χ0n) is 9.26.